The van der Waals surface area contributed by atoms with E-state index in [1.807, 2.05) is 0 Å². The van der Waals surface area contributed by atoms with Gasteiger partial charge in [-0.05, 0) is 6.07 Å². The Morgan fingerprint density at radius 3 is 2.71 bits per heavy atom. The highest BCUT2D eigenvalue weighted by Crippen LogP contribution is 2.29. The highest BCUT2D eigenvalue weighted by atomic mass is 35.5. The standard InChI is InChI=1S/C7H5ClF3N3/c8-6-4-3-5(7(9,10)11)13-14(4)2-1-12-6/h3H,1-2H2. The van der Waals surface area contributed by atoms with E-state index >= 15 is 0 Å². The van der Waals surface area contributed by atoms with Gasteiger partial charge in [0.25, 0.3) is 0 Å². The average molecular weight is 224 g/mol. The fourth-order valence-electron chi connectivity index (χ4n) is 1.22. The van der Waals surface area contributed by atoms with Gasteiger partial charge in [0.2, 0.25) is 0 Å². The molecule has 0 radical (unpaired) electrons. The summed E-state index contributed by atoms with van der Waals surface area (Å²) >= 11 is 5.63. The van der Waals surface area contributed by atoms with Crippen LogP contribution in [0.25, 0.3) is 0 Å². The van der Waals surface area contributed by atoms with E-state index in [-0.39, 0.29) is 10.9 Å². The van der Waals surface area contributed by atoms with Crippen molar-refractivity contribution in [3.63, 3.8) is 0 Å². The lowest BCUT2D eigenvalue weighted by Crippen LogP contribution is -2.16. The van der Waals surface area contributed by atoms with Gasteiger partial charge in [-0.15, -0.1) is 0 Å². The number of nitrogens with zero attached hydrogens (tertiary/aromatic N) is 3. The largest absolute Gasteiger partial charge is 0.435 e. The molecular weight excluding hydrogens is 219 g/mol. The molecule has 1 aliphatic heterocycles. The summed E-state index contributed by atoms with van der Waals surface area (Å²) in [5, 5.41) is 3.48. The Balaban J connectivity index is 2.47. The van der Waals surface area contributed by atoms with Gasteiger partial charge in [0, 0.05) is 0 Å². The van der Waals surface area contributed by atoms with Crippen LogP contribution >= 0.6 is 11.6 Å². The summed E-state index contributed by atoms with van der Waals surface area (Å²) in [4.78, 5) is 3.82. The molecule has 14 heavy (non-hydrogen) atoms. The van der Waals surface area contributed by atoms with Crippen LogP contribution in [0.15, 0.2) is 11.1 Å². The van der Waals surface area contributed by atoms with Crippen LogP contribution in [0.4, 0.5) is 13.2 Å². The van der Waals surface area contributed by atoms with Gasteiger partial charge in [-0.3, -0.25) is 9.67 Å². The van der Waals surface area contributed by atoms with Crippen LogP contribution in [0.1, 0.15) is 11.4 Å². The van der Waals surface area contributed by atoms with Crippen LogP contribution in [-0.2, 0) is 12.7 Å². The molecule has 1 aliphatic rings. The Morgan fingerprint density at radius 2 is 2.14 bits per heavy atom. The molecule has 0 aliphatic carbocycles. The topological polar surface area (TPSA) is 30.2 Å². The van der Waals surface area contributed by atoms with Crippen molar-refractivity contribution >= 4 is 16.8 Å². The molecule has 3 nitrogen and oxygen atoms in total. The Labute approximate surface area is 82.2 Å². The summed E-state index contributed by atoms with van der Waals surface area (Å²) in [7, 11) is 0. The number of aliphatic imine (C=N–C) groups is 1. The molecule has 2 rings (SSSR count). The number of hydrogen-bond donors (Lipinski definition) is 0. The summed E-state index contributed by atoms with van der Waals surface area (Å²) < 4.78 is 37.9. The summed E-state index contributed by atoms with van der Waals surface area (Å²) in [6, 6.07) is 0.908. The molecule has 0 unspecified atom stereocenters. The number of alkyl halides is 3. The molecule has 0 bridgehead atoms. The second kappa shape index (κ2) is 2.98. The molecule has 7 heteroatoms. The minimum absolute atomic E-state index is 0.0826. The third kappa shape index (κ3) is 1.50. The molecule has 0 saturated heterocycles. The van der Waals surface area contributed by atoms with Gasteiger partial charge in [-0.2, -0.15) is 18.3 Å². The zero-order chi connectivity index (χ0) is 10.3. The smallest absolute Gasteiger partial charge is 0.269 e. The molecule has 0 atom stereocenters. The van der Waals surface area contributed by atoms with Crippen molar-refractivity contribution in [3.8, 4) is 0 Å². The average Bonchev–Trinajstić information content (AvgIpc) is 2.48. The van der Waals surface area contributed by atoms with Crippen molar-refractivity contribution in [2.45, 2.75) is 12.7 Å². The van der Waals surface area contributed by atoms with Crippen molar-refractivity contribution in [3.05, 3.63) is 17.5 Å². The highest BCUT2D eigenvalue weighted by Gasteiger charge is 2.35. The van der Waals surface area contributed by atoms with Gasteiger partial charge in [-0.25, -0.2) is 0 Å². The van der Waals surface area contributed by atoms with Crippen LogP contribution in [-0.4, -0.2) is 21.5 Å². The second-order valence-electron chi connectivity index (χ2n) is 2.81. The second-order valence-corrected chi connectivity index (χ2v) is 3.17. The fourth-order valence-corrected chi connectivity index (χ4v) is 1.45. The first kappa shape index (κ1) is 9.51. The van der Waals surface area contributed by atoms with Crippen LogP contribution in [0.5, 0.6) is 0 Å². The first-order valence-electron chi connectivity index (χ1n) is 3.84. The lowest BCUT2D eigenvalue weighted by molar-refractivity contribution is -0.141. The van der Waals surface area contributed by atoms with E-state index < -0.39 is 11.9 Å². The van der Waals surface area contributed by atoms with Crippen LogP contribution < -0.4 is 0 Å². The zero-order valence-electron chi connectivity index (χ0n) is 6.85. The molecule has 76 valence electrons. The van der Waals surface area contributed by atoms with Crippen LogP contribution in [0, 0.1) is 0 Å². The van der Waals surface area contributed by atoms with Crippen molar-refractivity contribution in [2.24, 2.45) is 4.99 Å². The Bertz CT molecular complexity index is 393. The quantitative estimate of drug-likeness (QED) is 0.661. The zero-order valence-corrected chi connectivity index (χ0v) is 7.60. The summed E-state index contributed by atoms with van der Waals surface area (Å²) in [5.74, 6) is 0. The molecule has 1 aromatic heterocycles. The molecule has 0 N–H and O–H groups in total. The lowest BCUT2D eigenvalue weighted by atomic mass is 10.3. The molecular formula is C7H5ClF3N3. The minimum Gasteiger partial charge on any atom is -0.269 e. The summed E-state index contributed by atoms with van der Waals surface area (Å²) in [5.41, 5.74) is -0.701. The number of aromatic nitrogens is 2. The van der Waals surface area contributed by atoms with Gasteiger partial charge in [0.1, 0.15) is 5.17 Å². The van der Waals surface area contributed by atoms with Gasteiger partial charge < -0.3 is 0 Å². The number of rotatable bonds is 0. The fraction of sp³-hybridized carbons (Fsp3) is 0.429. The molecule has 2 heterocycles. The van der Waals surface area contributed by atoms with Crippen molar-refractivity contribution in [2.75, 3.05) is 6.54 Å². The van der Waals surface area contributed by atoms with E-state index in [0.717, 1.165) is 6.07 Å². The Kier molecular flexibility index (Phi) is 2.02. The van der Waals surface area contributed by atoms with E-state index in [0.29, 0.717) is 13.1 Å². The van der Waals surface area contributed by atoms with E-state index in [9.17, 15) is 13.2 Å². The van der Waals surface area contributed by atoms with Crippen molar-refractivity contribution in [1.82, 2.24) is 9.78 Å². The van der Waals surface area contributed by atoms with Gasteiger partial charge in [0.15, 0.2) is 5.69 Å². The predicted octanol–water partition coefficient (Wildman–Crippen LogP) is 1.90. The third-order valence-electron chi connectivity index (χ3n) is 1.84. The molecule has 0 spiro atoms. The van der Waals surface area contributed by atoms with E-state index in [2.05, 4.69) is 10.1 Å². The Morgan fingerprint density at radius 1 is 1.43 bits per heavy atom. The molecule has 0 saturated carbocycles. The lowest BCUT2D eigenvalue weighted by Gasteiger charge is -2.08. The maximum absolute atomic E-state index is 12.2. The molecule has 0 amide bonds. The van der Waals surface area contributed by atoms with Crippen LogP contribution in [0.2, 0.25) is 0 Å². The van der Waals surface area contributed by atoms with E-state index in [1.165, 1.54) is 4.68 Å². The maximum Gasteiger partial charge on any atom is 0.435 e. The monoisotopic (exact) mass is 223 g/mol. The first-order chi connectivity index (χ1) is 6.48. The molecule has 0 aromatic carbocycles. The van der Waals surface area contributed by atoms with Crippen molar-refractivity contribution in [1.29, 1.82) is 0 Å². The van der Waals surface area contributed by atoms with Gasteiger partial charge in [0.05, 0.1) is 18.8 Å². The summed E-state index contributed by atoms with van der Waals surface area (Å²) in [6.07, 6.45) is -4.43. The highest BCUT2D eigenvalue weighted by molar-refractivity contribution is 6.69. The number of fused-ring (bicyclic) bond motifs is 1. The third-order valence-corrected chi connectivity index (χ3v) is 2.16. The SMILES string of the molecule is FC(F)(F)c1cc2n(n1)CCN=C2Cl. The number of halogens is 4. The predicted molar refractivity (Wildman–Crippen MR) is 44.5 cm³/mol. The van der Waals surface area contributed by atoms with Gasteiger partial charge in [-0.1, -0.05) is 11.6 Å². The first-order valence-corrected chi connectivity index (χ1v) is 4.21. The van der Waals surface area contributed by atoms with Crippen LogP contribution in [0.3, 0.4) is 0 Å². The van der Waals surface area contributed by atoms with E-state index in [4.69, 9.17) is 11.6 Å². The maximum atomic E-state index is 12.2. The normalized spacial score (nSPS) is 16.4. The van der Waals surface area contributed by atoms with E-state index in [1.54, 1.807) is 0 Å². The molecule has 0 fully saturated rings. The van der Waals surface area contributed by atoms with Gasteiger partial charge >= 0.3 is 6.18 Å². The molecule has 1 aromatic rings. The van der Waals surface area contributed by atoms with Crippen molar-refractivity contribution < 1.29 is 13.2 Å². The number of hydrogen-bond acceptors (Lipinski definition) is 2. The minimum atomic E-state index is -4.43. The Hall–Kier alpha value is -1.04. The summed E-state index contributed by atoms with van der Waals surface area (Å²) in [6.45, 7) is 0.701.